The minimum atomic E-state index is -0.668. The molecule has 98 valence electrons. The van der Waals surface area contributed by atoms with Crippen molar-refractivity contribution in [3.63, 3.8) is 0 Å². The largest absolute Gasteiger partial charge is 0.339 e. The van der Waals surface area contributed by atoms with E-state index in [1.54, 1.807) is 7.05 Å². The van der Waals surface area contributed by atoms with Gasteiger partial charge in [-0.2, -0.15) is 0 Å². The van der Waals surface area contributed by atoms with Gasteiger partial charge >= 0.3 is 5.69 Å². The lowest BCUT2D eigenvalue weighted by atomic mass is 10.2. The number of amides is 1. The quantitative estimate of drug-likeness (QED) is 0.635. The highest BCUT2D eigenvalue weighted by Crippen LogP contribution is 2.07. The minimum Gasteiger partial charge on any atom is -0.339 e. The van der Waals surface area contributed by atoms with Gasteiger partial charge in [0.05, 0.1) is 0 Å². The molecule has 1 saturated heterocycles. The Labute approximate surface area is 103 Å². The van der Waals surface area contributed by atoms with Crippen LogP contribution in [0.25, 0.3) is 0 Å². The Morgan fingerprint density at radius 3 is 2.83 bits per heavy atom. The number of likely N-dealkylation sites (N-methyl/N-ethyl adjacent to an activating group) is 1. The van der Waals surface area contributed by atoms with Gasteiger partial charge in [-0.1, -0.05) is 0 Å². The van der Waals surface area contributed by atoms with Gasteiger partial charge in [0, 0.05) is 25.7 Å². The molecular formula is C11H16N4O3. The fourth-order valence-corrected chi connectivity index (χ4v) is 2.12. The number of nitrogens with one attached hydrogen (secondary N) is 3. The van der Waals surface area contributed by atoms with Gasteiger partial charge in [0.2, 0.25) is 0 Å². The molecule has 18 heavy (non-hydrogen) atoms. The monoisotopic (exact) mass is 252 g/mol. The normalized spacial score (nSPS) is 18.8. The second kappa shape index (κ2) is 5.18. The van der Waals surface area contributed by atoms with E-state index >= 15 is 0 Å². The average Bonchev–Trinajstić information content (AvgIpc) is 2.79. The molecule has 2 heterocycles. The van der Waals surface area contributed by atoms with Gasteiger partial charge in [-0.05, 0) is 19.4 Å². The van der Waals surface area contributed by atoms with Crippen LogP contribution in [0.4, 0.5) is 0 Å². The van der Waals surface area contributed by atoms with Gasteiger partial charge in [-0.3, -0.25) is 14.6 Å². The van der Waals surface area contributed by atoms with E-state index in [2.05, 4.69) is 10.3 Å². The van der Waals surface area contributed by atoms with E-state index in [0.29, 0.717) is 6.54 Å². The fraction of sp³-hybridized carbons (Fsp3) is 0.545. The van der Waals surface area contributed by atoms with E-state index in [4.69, 9.17) is 0 Å². The Balaban J connectivity index is 2.09. The molecule has 1 aromatic rings. The lowest BCUT2D eigenvalue weighted by Gasteiger charge is -2.21. The molecule has 0 saturated carbocycles. The Morgan fingerprint density at radius 1 is 1.44 bits per heavy atom. The first-order chi connectivity index (χ1) is 8.56. The van der Waals surface area contributed by atoms with Crippen molar-refractivity contribution in [2.24, 2.45) is 0 Å². The van der Waals surface area contributed by atoms with Crippen LogP contribution in [-0.4, -0.2) is 47.0 Å². The van der Waals surface area contributed by atoms with Crippen LogP contribution in [0, 0.1) is 0 Å². The summed E-state index contributed by atoms with van der Waals surface area (Å²) in [6.45, 7) is 1.53. The van der Waals surface area contributed by atoms with Crippen LogP contribution in [0.15, 0.2) is 15.7 Å². The van der Waals surface area contributed by atoms with Crippen LogP contribution in [0.3, 0.4) is 0 Å². The molecule has 7 heteroatoms. The van der Waals surface area contributed by atoms with Crippen molar-refractivity contribution < 1.29 is 4.79 Å². The maximum Gasteiger partial charge on any atom is 0.326 e. The number of H-pyrrole nitrogens is 2. The Kier molecular flexibility index (Phi) is 3.61. The molecule has 1 aromatic heterocycles. The maximum absolute atomic E-state index is 12.0. The van der Waals surface area contributed by atoms with Gasteiger partial charge in [0.25, 0.3) is 11.5 Å². The summed E-state index contributed by atoms with van der Waals surface area (Å²) < 4.78 is 0. The molecule has 2 rings (SSSR count). The van der Waals surface area contributed by atoms with Gasteiger partial charge in [0.1, 0.15) is 5.69 Å². The zero-order chi connectivity index (χ0) is 13.1. The number of aromatic nitrogens is 2. The maximum atomic E-state index is 12.0. The summed E-state index contributed by atoms with van der Waals surface area (Å²) in [5, 5.41) is 3.28. The van der Waals surface area contributed by atoms with E-state index in [9.17, 15) is 14.4 Å². The van der Waals surface area contributed by atoms with E-state index in [0.717, 1.165) is 25.5 Å². The molecule has 0 bridgehead atoms. The van der Waals surface area contributed by atoms with Gasteiger partial charge in [0.15, 0.2) is 0 Å². The predicted molar refractivity (Wildman–Crippen MR) is 65.7 cm³/mol. The summed E-state index contributed by atoms with van der Waals surface area (Å²) in [6.07, 6.45) is 2.14. The average molecular weight is 252 g/mol. The number of hydrogen-bond acceptors (Lipinski definition) is 4. The Bertz CT molecular complexity index is 513. The topological polar surface area (TPSA) is 98.1 Å². The number of nitrogens with zero attached hydrogens (tertiary/aromatic N) is 1. The van der Waals surface area contributed by atoms with Crippen molar-refractivity contribution in [2.45, 2.75) is 18.9 Å². The van der Waals surface area contributed by atoms with Crippen molar-refractivity contribution in [3.8, 4) is 0 Å². The first-order valence-electron chi connectivity index (χ1n) is 5.89. The predicted octanol–water partition coefficient (Wildman–Crippen LogP) is -1.11. The van der Waals surface area contributed by atoms with E-state index in [1.165, 1.54) is 4.90 Å². The number of carbonyl (C=O) groups is 1. The standard InChI is InChI=1S/C11H16N4O3/c1-15(6-7-3-2-4-12-7)10(17)8-5-9(16)14-11(18)13-8/h5,7,12H,2-4,6H2,1H3,(H2,13,14,16,18). The van der Waals surface area contributed by atoms with Crippen LogP contribution in [-0.2, 0) is 0 Å². The molecule has 3 N–H and O–H groups in total. The van der Waals surface area contributed by atoms with Gasteiger partial charge in [-0.15, -0.1) is 0 Å². The lowest BCUT2D eigenvalue weighted by molar-refractivity contribution is 0.0777. The number of rotatable bonds is 3. The second-order valence-corrected chi connectivity index (χ2v) is 4.48. The third-order valence-corrected chi connectivity index (χ3v) is 2.99. The molecule has 0 radical (unpaired) electrons. The summed E-state index contributed by atoms with van der Waals surface area (Å²) in [7, 11) is 1.65. The summed E-state index contributed by atoms with van der Waals surface area (Å²) in [5.41, 5.74) is -1.23. The summed E-state index contributed by atoms with van der Waals surface area (Å²) in [6, 6.07) is 1.38. The molecule has 1 fully saturated rings. The van der Waals surface area contributed by atoms with Crippen LogP contribution in [0.2, 0.25) is 0 Å². The third kappa shape index (κ3) is 2.86. The molecule has 7 nitrogen and oxygen atoms in total. The smallest absolute Gasteiger partial charge is 0.326 e. The van der Waals surface area contributed by atoms with Crippen LogP contribution >= 0.6 is 0 Å². The van der Waals surface area contributed by atoms with Crippen LogP contribution in [0.1, 0.15) is 23.3 Å². The molecular weight excluding hydrogens is 236 g/mol. The van der Waals surface area contributed by atoms with E-state index in [1.807, 2.05) is 4.98 Å². The molecule has 0 aliphatic carbocycles. The highest BCUT2D eigenvalue weighted by Gasteiger charge is 2.20. The summed E-state index contributed by atoms with van der Waals surface area (Å²) in [5.74, 6) is -0.355. The minimum absolute atomic E-state index is 0.0178. The number of hydrogen-bond donors (Lipinski definition) is 3. The number of carbonyl (C=O) groups excluding carboxylic acids is 1. The highest BCUT2D eigenvalue weighted by atomic mass is 16.2. The van der Waals surface area contributed by atoms with E-state index in [-0.39, 0.29) is 17.6 Å². The molecule has 1 atom stereocenters. The van der Waals surface area contributed by atoms with Crippen molar-refractivity contribution in [2.75, 3.05) is 20.1 Å². The summed E-state index contributed by atoms with van der Waals surface area (Å²) in [4.78, 5) is 40.1. The first-order valence-corrected chi connectivity index (χ1v) is 5.89. The summed E-state index contributed by atoms with van der Waals surface area (Å²) >= 11 is 0. The Morgan fingerprint density at radius 2 is 2.22 bits per heavy atom. The first kappa shape index (κ1) is 12.6. The molecule has 1 unspecified atom stereocenters. The van der Waals surface area contributed by atoms with Crippen LogP contribution in [0.5, 0.6) is 0 Å². The Hall–Kier alpha value is -1.89. The molecule has 1 aliphatic rings. The van der Waals surface area contributed by atoms with Crippen molar-refractivity contribution in [3.05, 3.63) is 32.6 Å². The fourth-order valence-electron chi connectivity index (χ4n) is 2.12. The zero-order valence-corrected chi connectivity index (χ0v) is 10.2. The molecule has 1 aliphatic heterocycles. The molecule has 0 aromatic carbocycles. The van der Waals surface area contributed by atoms with Crippen molar-refractivity contribution in [1.82, 2.24) is 20.2 Å². The lowest BCUT2D eigenvalue weighted by Crippen LogP contribution is -2.40. The highest BCUT2D eigenvalue weighted by molar-refractivity contribution is 5.91. The zero-order valence-electron chi connectivity index (χ0n) is 10.2. The third-order valence-electron chi connectivity index (χ3n) is 2.99. The van der Waals surface area contributed by atoms with Crippen LogP contribution < -0.4 is 16.6 Å². The SMILES string of the molecule is CN(CC1CCCN1)C(=O)c1cc(=O)[nH]c(=O)[nH]1. The van der Waals surface area contributed by atoms with Gasteiger partial charge < -0.3 is 15.2 Å². The number of aromatic amines is 2. The van der Waals surface area contributed by atoms with Crippen molar-refractivity contribution in [1.29, 1.82) is 0 Å². The second-order valence-electron chi connectivity index (χ2n) is 4.48. The molecule has 1 amide bonds. The van der Waals surface area contributed by atoms with Gasteiger partial charge in [-0.25, -0.2) is 4.79 Å². The molecule has 0 spiro atoms. The van der Waals surface area contributed by atoms with Crippen molar-refractivity contribution >= 4 is 5.91 Å². The van der Waals surface area contributed by atoms with E-state index < -0.39 is 11.2 Å².